The average molecular weight is 360 g/mol. The van der Waals surface area contributed by atoms with Gasteiger partial charge in [0.25, 0.3) is 5.69 Å². The summed E-state index contributed by atoms with van der Waals surface area (Å²) in [4.78, 5) is 14.5. The molecule has 1 heterocycles. The molecular formula is C17H14F2N4O3. The Kier molecular flexibility index (Phi) is 5.16. The number of hydrogen-bond donors (Lipinski definition) is 1. The zero-order valence-corrected chi connectivity index (χ0v) is 13.5. The molecule has 0 amide bonds. The smallest absolute Gasteiger partial charge is 0.295 e. The maximum absolute atomic E-state index is 13.1. The van der Waals surface area contributed by atoms with E-state index in [9.17, 15) is 18.9 Å². The number of nitro benzene ring substituents is 1. The molecular weight excluding hydrogens is 346 g/mol. The Bertz CT molecular complexity index is 913. The van der Waals surface area contributed by atoms with Crippen LogP contribution in [0.15, 0.2) is 47.0 Å². The molecule has 3 aromatic rings. The first-order valence-corrected chi connectivity index (χ1v) is 7.79. The minimum Gasteiger partial charge on any atom is -0.379 e. The highest BCUT2D eigenvalue weighted by Gasteiger charge is 2.14. The molecule has 134 valence electrons. The summed E-state index contributed by atoms with van der Waals surface area (Å²) < 4.78 is 31.2. The van der Waals surface area contributed by atoms with Crippen molar-refractivity contribution in [3.63, 3.8) is 0 Å². The topological polar surface area (TPSA) is 94.1 Å². The summed E-state index contributed by atoms with van der Waals surface area (Å²) in [5.41, 5.74) is 0.566. The number of nitrogens with one attached hydrogen (secondary N) is 1. The monoisotopic (exact) mass is 360 g/mol. The van der Waals surface area contributed by atoms with E-state index in [2.05, 4.69) is 15.5 Å². The summed E-state index contributed by atoms with van der Waals surface area (Å²) in [5.74, 6) is -0.248. The fourth-order valence-corrected chi connectivity index (χ4v) is 2.34. The number of benzene rings is 2. The highest BCUT2D eigenvalue weighted by Crippen LogP contribution is 2.25. The van der Waals surface area contributed by atoms with E-state index in [1.54, 1.807) is 12.1 Å². The molecule has 0 saturated carbocycles. The number of hydrogen-bond acceptors (Lipinski definition) is 6. The highest BCUT2D eigenvalue weighted by atomic mass is 19.1. The van der Waals surface area contributed by atoms with Gasteiger partial charge in [-0.25, -0.2) is 8.78 Å². The van der Waals surface area contributed by atoms with Gasteiger partial charge in [-0.1, -0.05) is 5.16 Å². The number of halogens is 2. The van der Waals surface area contributed by atoms with Crippen LogP contribution in [0.3, 0.4) is 0 Å². The van der Waals surface area contributed by atoms with Gasteiger partial charge in [0.05, 0.1) is 11.0 Å². The summed E-state index contributed by atoms with van der Waals surface area (Å²) in [6.07, 6.45) is 1.02. The van der Waals surface area contributed by atoms with Crippen LogP contribution in [0.2, 0.25) is 0 Å². The largest absolute Gasteiger partial charge is 0.379 e. The standard InChI is InChI=1S/C17H14F2N4O3/c18-12-5-3-11(4-6-12)17-21-16(26-22-17)2-1-9-20-14-8-7-13(19)10-15(14)23(24)25/h3-8,10,20H,1-2,9H2. The fourth-order valence-electron chi connectivity index (χ4n) is 2.34. The molecule has 0 fully saturated rings. The number of nitro groups is 1. The predicted molar refractivity (Wildman–Crippen MR) is 89.6 cm³/mol. The maximum atomic E-state index is 13.1. The molecule has 3 rings (SSSR count). The number of nitrogens with zero attached hydrogens (tertiary/aromatic N) is 3. The Labute approximate surface area is 146 Å². The Balaban J connectivity index is 1.55. The van der Waals surface area contributed by atoms with Crippen LogP contribution in [0.4, 0.5) is 20.2 Å². The van der Waals surface area contributed by atoms with Gasteiger partial charge >= 0.3 is 0 Å². The van der Waals surface area contributed by atoms with Crippen molar-refractivity contribution in [1.29, 1.82) is 0 Å². The second-order valence-electron chi connectivity index (χ2n) is 5.47. The number of anilines is 1. The van der Waals surface area contributed by atoms with E-state index < -0.39 is 10.7 Å². The lowest BCUT2D eigenvalue weighted by Crippen LogP contribution is -2.05. The fraction of sp³-hybridized carbons (Fsp3) is 0.176. The minimum atomic E-state index is -0.665. The second-order valence-corrected chi connectivity index (χ2v) is 5.47. The van der Waals surface area contributed by atoms with Crippen LogP contribution < -0.4 is 5.32 Å². The van der Waals surface area contributed by atoms with Crippen LogP contribution in [-0.2, 0) is 6.42 Å². The molecule has 0 bridgehead atoms. The van der Waals surface area contributed by atoms with Crippen LogP contribution in [0.5, 0.6) is 0 Å². The molecule has 7 nitrogen and oxygen atoms in total. The van der Waals surface area contributed by atoms with E-state index in [1.807, 2.05) is 0 Å². The van der Waals surface area contributed by atoms with Crippen LogP contribution in [0, 0.1) is 21.7 Å². The highest BCUT2D eigenvalue weighted by molar-refractivity contribution is 5.61. The SMILES string of the molecule is O=[N+]([O-])c1cc(F)ccc1NCCCc1nc(-c2ccc(F)cc2)no1. The molecule has 0 aliphatic rings. The molecule has 0 aliphatic heterocycles. The predicted octanol–water partition coefficient (Wildman–Crippen LogP) is 3.97. The first kappa shape index (κ1) is 17.5. The summed E-state index contributed by atoms with van der Waals surface area (Å²) >= 11 is 0. The van der Waals surface area contributed by atoms with Crippen molar-refractivity contribution in [3.8, 4) is 11.4 Å². The van der Waals surface area contributed by atoms with Crippen molar-refractivity contribution < 1.29 is 18.2 Å². The van der Waals surface area contributed by atoms with Gasteiger partial charge in [0.2, 0.25) is 11.7 Å². The quantitative estimate of drug-likeness (QED) is 0.389. The molecule has 2 aromatic carbocycles. The first-order valence-electron chi connectivity index (χ1n) is 7.79. The average Bonchev–Trinajstić information content (AvgIpc) is 3.09. The number of aromatic nitrogens is 2. The van der Waals surface area contributed by atoms with Crippen molar-refractivity contribution in [1.82, 2.24) is 10.1 Å². The molecule has 0 spiro atoms. The van der Waals surface area contributed by atoms with Crippen LogP contribution in [-0.4, -0.2) is 21.6 Å². The zero-order chi connectivity index (χ0) is 18.5. The lowest BCUT2D eigenvalue weighted by molar-refractivity contribution is -0.384. The van der Waals surface area contributed by atoms with Gasteiger partial charge in [0.1, 0.15) is 17.3 Å². The van der Waals surface area contributed by atoms with E-state index in [4.69, 9.17) is 4.52 Å². The molecule has 1 N–H and O–H groups in total. The van der Waals surface area contributed by atoms with E-state index in [0.717, 1.165) is 12.1 Å². The Hall–Kier alpha value is -3.36. The van der Waals surface area contributed by atoms with Gasteiger partial charge in [-0.15, -0.1) is 0 Å². The summed E-state index contributed by atoms with van der Waals surface area (Å²) in [5, 5.41) is 17.7. The van der Waals surface area contributed by atoms with Crippen LogP contribution >= 0.6 is 0 Å². The van der Waals surface area contributed by atoms with Crippen molar-refractivity contribution >= 4 is 11.4 Å². The Morgan fingerprint density at radius 2 is 1.85 bits per heavy atom. The molecule has 9 heteroatoms. The van der Waals surface area contributed by atoms with Gasteiger partial charge in [0, 0.05) is 18.5 Å². The van der Waals surface area contributed by atoms with Crippen molar-refractivity contribution in [2.24, 2.45) is 0 Å². The third-order valence-electron chi connectivity index (χ3n) is 3.61. The van der Waals surface area contributed by atoms with Gasteiger partial charge in [-0.2, -0.15) is 4.98 Å². The van der Waals surface area contributed by atoms with E-state index in [-0.39, 0.29) is 17.2 Å². The number of rotatable bonds is 7. The molecule has 0 atom stereocenters. The van der Waals surface area contributed by atoms with Gasteiger partial charge in [0.15, 0.2) is 0 Å². The minimum absolute atomic E-state index is 0.244. The zero-order valence-electron chi connectivity index (χ0n) is 13.5. The Morgan fingerprint density at radius 1 is 1.12 bits per heavy atom. The van der Waals surface area contributed by atoms with Gasteiger partial charge < -0.3 is 9.84 Å². The lowest BCUT2D eigenvalue weighted by atomic mass is 10.2. The van der Waals surface area contributed by atoms with Crippen molar-refractivity contribution in [2.75, 3.05) is 11.9 Å². The van der Waals surface area contributed by atoms with E-state index in [0.29, 0.717) is 36.7 Å². The molecule has 0 radical (unpaired) electrons. The van der Waals surface area contributed by atoms with Crippen molar-refractivity contribution in [3.05, 3.63) is 70.1 Å². The lowest BCUT2D eigenvalue weighted by Gasteiger charge is -2.06. The third kappa shape index (κ3) is 4.18. The van der Waals surface area contributed by atoms with Crippen molar-refractivity contribution in [2.45, 2.75) is 12.8 Å². The van der Waals surface area contributed by atoms with Gasteiger partial charge in [-0.05, 0) is 42.8 Å². The molecule has 26 heavy (non-hydrogen) atoms. The summed E-state index contributed by atoms with van der Waals surface area (Å²) in [6, 6.07) is 9.08. The van der Waals surface area contributed by atoms with Gasteiger partial charge in [-0.3, -0.25) is 10.1 Å². The molecule has 0 aliphatic carbocycles. The van der Waals surface area contributed by atoms with E-state index in [1.165, 1.54) is 18.2 Å². The first-order chi connectivity index (χ1) is 12.5. The molecule has 1 aromatic heterocycles. The summed E-state index contributed by atoms with van der Waals surface area (Å²) in [7, 11) is 0. The summed E-state index contributed by atoms with van der Waals surface area (Å²) in [6.45, 7) is 0.404. The molecule has 0 unspecified atom stereocenters. The molecule has 0 saturated heterocycles. The normalized spacial score (nSPS) is 10.7. The maximum Gasteiger partial charge on any atom is 0.295 e. The Morgan fingerprint density at radius 3 is 2.58 bits per heavy atom. The number of aryl methyl sites for hydroxylation is 1. The van der Waals surface area contributed by atoms with Crippen LogP contribution in [0.1, 0.15) is 12.3 Å². The van der Waals surface area contributed by atoms with E-state index >= 15 is 0 Å². The second kappa shape index (κ2) is 7.68. The third-order valence-corrected chi connectivity index (χ3v) is 3.61. The van der Waals surface area contributed by atoms with Crippen LogP contribution in [0.25, 0.3) is 11.4 Å².